The Morgan fingerprint density at radius 2 is 2.28 bits per heavy atom. The van der Waals surface area contributed by atoms with E-state index in [1.54, 1.807) is 13.1 Å². The average Bonchev–Trinajstić information content (AvgIpc) is 3.09. The topological polar surface area (TPSA) is 67.3 Å². The van der Waals surface area contributed by atoms with Gasteiger partial charge < -0.3 is 15.0 Å². The molecule has 2 aromatic rings. The van der Waals surface area contributed by atoms with Crippen LogP contribution < -0.4 is 15.0 Å². The lowest BCUT2D eigenvalue weighted by Crippen LogP contribution is -2.44. The van der Waals surface area contributed by atoms with Gasteiger partial charge in [0.1, 0.15) is 5.75 Å². The Kier molecular flexibility index (Phi) is 5.48. The number of aromatic nitrogens is 2. The molecule has 2 heterocycles. The maximum atomic E-state index is 12.3. The summed E-state index contributed by atoms with van der Waals surface area (Å²) in [4.78, 5) is 14.6. The van der Waals surface area contributed by atoms with Crippen LogP contribution in [0.3, 0.4) is 0 Å². The molecule has 1 aliphatic heterocycles. The second-order valence-corrected chi connectivity index (χ2v) is 6.39. The Balaban J connectivity index is 1.53. The number of ether oxygens (including phenoxy) is 1. The Bertz CT molecular complexity index is 708. The minimum atomic E-state index is -0.534. The van der Waals surface area contributed by atoms with Gasteiger partial charge in [0.05, 0.1) is 0 Å². The third-order valence-electron chi connectivity index (χ3n) is 4.41. The zero-order chi connectivity index (χ0) is 17.6. The molecule has 1 aliphatic rings. The molecule has 1 amide bonds. The molecule has 0 spiro atoms. The molecule has 25 heavy (non-hydrogen) atoms. The van der Waals surface area contributed by atoms with Gasteiger partial charge in [-0.2, -0.15) is 5.10 Å². The first kappa shape index (κ1) is 17.2. The Morgan fingerprint density at radius 1 is 1.40 bits per heavy atom. The molecule has 3 rings (SSSR count). The standard InChI is InChI=1S/C19H24N4O2/c1-14-6-3-8-17(12-14)25-15(2)19(24)20-13-16-7-5-11-23(16)18-9-4-10-21-22-18/h3-4,6,8-10,12,15-16H,5,7,11,13H2,1-2H3,(H,20,24)/t15-,16+/m1/s1. The fraction of sp³-hybridized carbons (Fsp3) is 0.421. The molecule has 0 aliphatic carbocycles. The molecular formula is C19H24N4O2. The summed E-state index contributed by atoms with van der Waals surface area (Å²) in [6, 6.07) is 11.8. The highest BCUT2D eigenvalue weighted by Gasteiger charge is 2.27. The number of benzene rings is 1. The quantitative estimate of drug-likeness (QED) is 0.874. The van der Waals surface area contributed by atoms with Crippen LogP contribution in [0.2, 0.25) is 0 Å². The van der Waals surface area contributed by atoms with Crippen molar-refractivity contribution in [1.29, 1.82) is 0 Å². The first-order chi connectivity index (χ1) is 12.1. The normalized spacial score (nSPS) is 18.0. The van der Waals surface area contributed by atoms with Crippen LogP contribution in [0, 0.1) is 6.92 Å². The third-order valence-corrected chi connectivity index (χ3v) is 4.41. The lowest BCUT2D eigenvalue weighted by molar-refractivity contribution is -0.127. The van der Waals surface area contributed by atoms with Crippen LogP contribution in [0.5, 0.6) is 5.75 Å². The summed E-state index contributed by atoms with van der Waals surface area (Å²) in [5, 5.41) is 11.1. The molecule has 0 radical (unpaired) electrons. The van der Waals surface area contributed by atoms with Gasteiger partial charge in [0.25, 0.3) is 5.91 Å². The highest BCUT2D eigenvalue weighted by Crippen LogP contribution is 2.22. The second kappa shape index (κ2) is 7.96. The van der Waals surface area contributed by atoms with Crippen LogP contribution in [-0.2, 0) is 4.79 Å². The number of rotatable bonds is 6. The van der Waals surface area contributed by atoms with Crippen molar-refractivity contribution >= 4 is 11.7 Å². The van der Waals surface area contributed by atoms with E-state index in [0.29, 0.717) is 12.3 Å². The number of aryl methyl sites for hydroxylation is 1. The minimum absolute atomic E-state index is 0.104. The molecule has 2 atom stereocenters. The van der Waals surface area contributed by atoms with Gasteiger partial charge in [-0.1, -0.05) is 12.1 Å². The van der Waals surface area contributed by atoms with Crippen molar-refractivity contribution in [1.82, 2.24) is 15.5 Å². The smallest absolute Gasteiger partial charge is 0.260 e. The maximum absolute atomic E-state index is 12.3. The molecule has 1 aromatic carbocycles. The van der Waals surface area contributed by atoms with Gasteiger partial charge in [0.2, 0.25) is 0 Å². The Hall–Kier alpha value is -2.63. The predicted molar refractivity (Wildman–Crippen MR) is 96.7 cm³/mol. The van der Waals surface area contributed by atoms with E-state index in [1.807, 2.05) is 43.3 Å². The van der Waals surface area contributed by atoms with Crippen molar-refractivity contribution in [2.75, 3.05) is 18.0 Å². The van der Waals surface area contributed by atoms with Crippen LogP contribution in [-0.4, -0.2) is 41.3 Å². The van der Waals surface area contributed by atoms with Gasteiger partial charge in [0.15, 0.2) is 11.9 Å². The predicted octanol–water partition coefficient (Wildman–Crippen LogP) is 2.34. The third kappa shape index (κ3) is 4.47. The average molecular weight is 340 g/mol. The molecule has 1 aromatic heterocycles. The number of nitrogens with zero attached hydrogens (tertiary/aromatic N) is 3. The zero-order valence-corrected chi connectivity index (χ0v) is 14.7. The number of carbonyl (C=O) groups is 1. The molecule has 0 saturated carbocycles. The molecule has 6 heteroatoms. The molecule has 1 saturated heterocycles. The molecule has 132 valence electrons. The van der Waals surface area contributed by atoms with Gasteiger partial charge in [-0.15, -0.1) is 5.10 Å². The molecule has 6 nitrogen and oxygen atoms in total. The highest BCUT2D eigenvalue weighted by molar-refractivity contribution is 5.80. The monoisotopic (exact) mass is 340 g/mol. The summed E-state index contributed by atoms with van der Waals surface area (Å²) in [6.45, 7) is 5.29. The van der Waals surface area contributed by atoms with Crippen LogP contribution in [0.25, 0.3) is 0 Å². The fourth-order valence-corrected chi connectivity index (χ4v) is 3.10. The van der Waals surface area contributed by atoms with Crippen LogP contribution in [0.4, 0.5) is 5.82 Å². The van der Waals surface area contributed by atoms with Crippen molar-refractivity contribution in [3.8, 4) is 5.75 Å². The first-order valence-corrected chi connectivity index (χ1v) is 8.69. The van der Waals surface area contributed by atoms with Gasteiger partial charge in [-0.25, -0.2) is 0 Å². The van der Waals surface area contributed by atoms with Gasteiger partial charge in [-0.05, 0) is 56.5 Å². The number of amides is 1. The molecular weight excluding hydrogens is 316 g/mol. The Morgan fingerprint density at radius 3 is 3.04 bits per heavy atom. The van der Waals surface area contributed by atoms with Crippen molar-refractivity contribution in [2.45, 2.75) is 38.8 Å². The van der Waals surface area contributed by atoms with E-state index >= 15 is 0 Å². The Labute approximate surface area is 148 Å². The molecule has 1 N–H and O–H groups in total. The molecule has 0 unspecified atom stereocenters. The lowest BCUT2D eigenvalue weighted by atomic mass is 10.2. The van der Waals surface area contributed by atoms with Crippen LogP contribution in [0.1, 0.15) is 25.3 Å². The lowest BCUT2D eigenvalue weighted by Gasteiger charge is -2.26. The SMILES string of the molecule is Cc1cccc(O[C@H](C)C(=O)NC[C@@H]2CCCN2c2cccnn2)c1. The summed E-state index contributed by atoms with van der Waals surface area (Å²) in [6.07, 6.45) is 3.25. The summed E-state index contributed by atoms with van der Waals surface area (Å²) in [5.74, 6) is 1.47. The summed E-state index contributed by atoms with van der Waals surface area (Å²) >= 11 is 0. The van der Waals surface area contributed by atoms with Crippen LogP contribution >= 0.6 is 0 Å². The van der Waals surface area contributed by atoms with E-state index in [-0.39, 0.29) is 11.9 Å². The molecule has 0 bridgehead atoms. The van der Waals surface area contributed by atoms with Crippen molar-refractivity contribution < 1.29 is 9.53 Å². The van der Waals surface area contributed by atoms with E-state index in [2.05, 4.69) is 20.4 Å². The van der Waals surface area contributed by atoms with Gasteiger partial charge >= 0.3 is 0 Å². The highest BCUT2D eigenvalue weighted by atomic mass is 16.5. The van der Waals surface area contributed by atoms with Gasteiger partial charge in [-0.3, -0.25) is 4.79 Å². The van der Waals surface area contributed by atoms with Crippen molar-refractivity contribution in [3.63, 3.8) is 0 Å². The van der Waals surface area contributed by atoms with E-state index in [0.717, 1.165) is 30.8 Å². The molecule has 1 fully saturated rings. The fourth-order valence-electron chi connectivity index (χ4n) is 3.10. The van der Waals surface area contributed by atoms with E-state index in [9.17, 15) is 4.79 Å². The zero-order valence-electron chi connectivity index (χ0n) is 14.7. The number of hydrogen-bond donors (Lipinski definition) is 1. The summed E-state index contributed by atoms with van der Waals surface area (Å²) in [5.41, 5.74) is 1.11. The number of nitrogens with one attached hydrogen (secondary N) is 1. The van der Waals surface area contributed by atoms with Gasteiger partial charge in [0, 0.05) is 25.3 Å². The second-order valence-electron chi connectivity index (χ2n) is 6.39. The first-order valence-electron chi connectivity index (χ1n) is 8.69. The van der Waals surface area contributed by atoms with Crippen LogP contribution in [0.15, 0.2) is 42.6 Å². The number of anilines is 1. The minimum Gasteiger partial charge on any atom is -0.481 e. The number of hydrogen-bond acceptors (Lipinski definition) is 5. The van der Waals surface area contributed by atoms with E-state index in [1.165, 1.54) is 0 Å². The summed E-state index contributed by atoms with van der Waals surface area (Å²) in [7, 11) is 0. The van der Waals surface area contributed by atoms with E-state index < -0.39 is 6.10 Å². The van der Waals surface area contributed by atoms with Crippen molar-refractivity contribution in [2.24, 2.45) is 0 Å². The van der Waals surface area contributed by atoms with Crippen molar-refractivity contribution in [3.05, 3.63) is 48.2 Å². The summed E-state index contributed by atoms with van der Waals surface area (Å²) < 4.78 is 5.74. The number of carbonyl (C=O) groups excluding carboxylic acids is 1. The largest absolute Gasteiger partial charge is 0.481 e. The maximum Gasteiger partial charge on any atom is 0.260 e. The van der Waals surface area contributed by atoms with E-state index in [4.69, 9.17) is 4.74 Å².